The maximum atomic E-state index is 13.5. The number of carbonyl (C=O) groups excluding carboxylic acids is 3. The summed E-state index contributed by atoms with van der Waals surface area (Å²) in [6, 6.07) is 8.87. The summed E-state index contributed by atoms with van der Waals surface area (Å²) in [6.45, 7) is 4.28. The van der Waals surface area contributed by atoms with Gasteiger partial charge >= 0.3 is 6.18 Å². The summed E-state index contributed by atoms with van der Waals surface area (Å²) in [6.07, 6.45) is 0.0203. The van der Waals surface area contributed by atoms with Crippen molar-refractivity contribution in [1.82, 2.24) is 20.0 Å². The number of carbonyl (C=O) groups is 3. The Balaban J connectivity index is 1.21. The van der Waals surface area contributed by atoms with Gasteiger partial charge in [-0.3, -0.25) is 19.1 Å². The molecular weight excluding hydrogens is 563 g/mol. The van der Waals surface area contributed by atoms with Crippen LogP contribution >= 0.6 is 0 Å². The van der Waals surface area contributed by atoms with E-state index in [1.54, 1.807) is 17.2 Å². The van der Waals surface area contributed by atoms with Crippen molar-refractivity contribution in [2.24, 2.45) is 5.41 Å². The van der Waals surface area contributed by atoms with Crippen LogP contribution in [0.1, 0.15) is 67.9 Å². The molecule has 228 valence electrons. The number of aliphatic hydroxyl groups is 1. The number of aromatic nitrogens is 2. The first kappa shape index (κ1) is 29.2. The maximum Gasteiger partial charge on any atom is 0.402 e. The molecule has 6 rings (SSSR count). The van der Waals surface area contributed by atoms with Crippen LogP contribution in [0.2, 0.25) is 0 Å². The van der Waals surface area contributed by atoms with Gasteiger partial charge < -0.3 is 20.2 Å². The molecule has 0 radical (unpaired) electrons. The highest BCUT2D eigenvalue weighted by Crippen LogP contribution is 2.43. The predicted molar refractivity (Wildman–Crippen MR) is 152 cm³/mol. The first-order valence-electron chi connectivity index (χ1n) is 14.5. The topological polar surface area (TPSA) is 108 Å². The summed E-state index contributed by atoms with van der Waals surface area (Å²) >= 11 is 0. The highest BCUT2D eigenvalue weighted by molar-refractivity contribution is 6.25. The largest absolute Gasteiger partial charge is 0.402 e. The van der Waals surface area contributed by atoms with Crippen molar-refractivity contribution >= 4 is 34.2 Å². The Kier molecular flexibility index (Phi) is 6.83. The van der Waals surface area contributed by atoms with Gasteiger partial charge in [-0.15, -0.1) is 0 Å². The molecule has 2 atom stereocenters. The maximum absolute atomic E-state index is 13.5. The molecule has 4 heterocycles. The van der Waals surface area contributed by atoms with E-state index in [1.165, 1.54) is 4.90 Å². The number of rotatable bonds is 5. The van der Waals surface area contributed by atoms with Crippen LogP contribution in [0.25, 0.3) is 10.8 Å². The molecule has 2 unspecified atom stereocenters. The van der Waals surface area contributed by atoms with E-state index < -0.39 is 35.3 Å². The number of benzene rings is 2. The fourth-order valence-electron chi connectivity index (χ4n) is 6.49. The first-order valence-corrected chi connectivity index (χ1v) is 14.5. The number of aliphatic hydroxyl groups excluding tert-OH is 1. The Morgan fingerprint density at radius 1 is 1.14 bits per heavy atom. The number of amides is 3. The van der Waals surface area contributed by atoms with Crippen LogP contribution in [0.5, 0.6) is 0 Å². The Labute approximate surface area is 246 Å². The molecule has 2 fully saturated rings. The van der Waals surface area contributed by atoms with Crippen molar-refractivity contribution in [3.63, 3.8) is 0 Å². The lowest BCUT2D eigenvalue weighted by Crippen LogP contribution is -2.56. The van der Waals surface area contributed by atoms with Gasteiger partial charge in [-0.1, -0.05) is 18.2 Å². The number of likely N-dealkylation sites (tertiary alicyclic amines) is 1. The Morgan fingerprint density at radius 3 is 2.53 bits per heavy atom. The molecular formula is C31H34F3N5O4. The van der Waals surface area contributed by atoms with Gasteiger partial charge in [-0.05, 0) is 68.7 Å². The van der Waals surface area contributed by atoms with E-state index in [1.807, 2.05) is 42.1 Å². The number of hydrogen-bond acceptors (Lipinski definition) is 5. The van der Waals surface area contributed by atoms with Gasteiger partial charge in [0, 0.05) is 43.1 Å². The third kappa shape index (κ3) is 4.75. The fourth-order valence-corrected chi connectivity index (χ4v) is 6.49. The number of piperidine rings is 2. The minimum Gasteiger partial charge on any atom is -0.372 e. The molecule has 0 saturated carbocycles. The standard InChI is InChI=1S/C31H34F3N5O4/c1-29(2,31(32,33)34)28(43)37-13-11-30(3,12-14-37)38-17-18(16-35-38)15-19-7-8-22-25-20(19)5-4-6-21(25)27(42)39(22)23-9-10-24(40)36-26(23)41/h4-8,16-17,23,26,41H,9-15H2,1-3H3,(H,36,40). The molecule has 12 heteroatoms. The molecule has 3 aliphatic heterocycles. The summed E-state index contributed by atoms with van der Waals surface area (Å²) in [5, 5.41) is 19.4. The average molecular weight is 598 g/mol. The number of nitrogens with one attached hydrogen (secondary N) is 1. The summed E-state index contributed by atoms with van der Waals surface area (Å²) in [7, 11) is 0. The van der Waals surface area contributed by atoms with E-state index in [9.17, 15) is 32.7 Å². The number of anilines is 1. The molecule has 1 aromatic heterocycles. The quantitative estimate of drug-likeness (QED) is 0.461. The molecule has 2 aromatic carbocycles. The van der Waals surface area contributed by atoms with Crippen molar-refractivity contribution in [2.75, 3.05) is 18.0 Å². The van der Waals surface area contributed by atoms with Gasteiger partial charge in [-0.2, -0.15) is 18.3 Å². The van der Waals surface area contributed by atoms with E-state index in [2.05, 4.69) is 10.4 Å². The van der Waals surface area contributed by atoms with Crippen LogP contribution in [0, 0.1) is 5.41 Å². The average Bonchev–Trinajstić information content (AvgIpc) is 3.54. The molecule has 0 bridgehead atoms. The van der Waals surface area contributed by atoms with Crippen LogP contribution < -0.4 is 10.2 Å². The molecule has 0 aliphatic carbocycles. The van der Waals surface area contributed by atoms with Crippen molar-refractivity contribution in [2.45, 2.75) is 76.9 Å². The van der Waals surface area contributed by atoms with Crippen LogP contribution in [0.4, 0.5) is 18.9 Å². The first-order chi connectivity index (χ1) is 20.2. The number of nitrogens with zero attached hydrogens (tertiary/aromatic N) is 4. The SMILES string of the molecule is CC1(n2cc(Cc3ccc4c5c(cccc35)C(=O)N4C3CCC(=O)NC3O)cn2)CCN(C(=O)C(C)(C)C(F)(F)F)CC1. The van der Waals surface area contributed by atoms with Gasteiger partial charge in [0.15, 0.2) is 0 Å². The van der Waals surface area contributed by atoms with Crippen LogP contribution in [-0.4, -0.2) is 69.0 Å². The molecule has 3 aromatic rings. The normalized spacial score (nSPS) is 22.3. The Hall–Kier alpha value is -3.93. The number of alkyl halides is 3. The van der Waals surface area contributed by atoms with Crippen LogP contribution in [0.15, 0.2) is 42.7 Å². The summed E-state index contributed by atoms with van der Waals surface area (Å²) in [5.41, 5.74) is 0.294. The summed E-state index contributed by atoms with van der Waals surface area (Å²) in [5.74, 6) is -1.36. The molecule has 9 nitrogen and oxygen atoms in total. The van der Waals surface area contributed by atoms with Gasteiger partial charge in [0.1, 0.15) is 11.6 Å². The monoisotopic (exact) mass is 597 g/mol. The van der Waals surface area contributed by atoms with E-state index in [0.29, 0.717) is 36.9 Å². The van der Waals surface area contributed by atoms with Crippen molar-refractivity contribution in [3.8, 4) is 0 Å². The smallest absolute Gasteiger partial charge is 0.372 e. The lowest BCUT2D eigenvalue weighted by molar-refractivity contribution is -0.218. The zero-order valence-corrected chi connectivity index (χ0v) is 24.2. The molecule has 2 N–H and O–H groups in total. The second-order valence-corrected chi connectivity index (χ2v) is 12.6. The van der Waals surface area contributed by atoms with Gasteiger partial charge in [-0.25, -0.2) is 0 Å². The molecule has 3 amide bonds. The zero-order valence-electron chi connectivity index (χ0n) is 24.2. The van der Waals surface area contributed by atoms with E-state index in [-0.39, 0.29) is 31.3 Å². The summed E-state index contributed by atoms with van der Waals surface area (Å²) < 4.78 is 42.1. The number of hydrogen-bond donors (Lipinski definition) is 2. The Bertz CT molecular complexity index is 1620. The lowest BCUT2D eigenvalue weighted by atomic mass is 9.86. The van der Waals surface area contributed by atoms with Crippen LogP contribution in [-0.2, 0) is 21.5 Å². The minimum atomic E-state index is -4.62. The van der Waals surface area contributed by atoms with Crippen LogP contribution in [0.3, 0.4) is 0 Å². The molecule has 2 saturated heterocycles. The molecule has 0 spiro atoms. The second-order valence-electron chi connectivity index (χ2n) is 12.6. The second kappa shape index (κ2) is 10.1. The van der Waals surface area contributed by atoms with Gasteiger partial charge in [0.25, 0.3) is 5.91 Å². The Morgan fingerprint density at radius 2 is 1.86 bits per heavy atom. The highest BCUT2D eigenvalue weighted by Gasteiger charge is 2.55. The number of halogens is 3. The lowest BCUT2D eigenvalue weighted by Gasteiger charge is -2.42. The zero-order chi connectivity index (χ0) is 30.9. The van der Waals surface area contributed by atoms with E-state index in [0.717, 1.165) is 35.7 Å². The van der Waals surface area contributed by atoms with Crippen molar-refractivity contribution in [3.05, 3.63) is 59.4 Å². The third-order valence-corrected chi connectivity index (χ3v) is 9.44. The molecule has 3 aliphatic rings. The van der Waals surface area contributed by atoms with Crippen molar-refractivity contribution in [1.29, 1.82) is 0 Å². The third-order valence-electron chi connectivity index (χ3n) is 9.44. The van der Waals surface area contributed by atoms with Gasteiger partial charge in [0.2, 0.25) is 11.8 Å². The molecule has 43 heavy (non-hydrogen) atoms. The fraction of sp³-hybridized carbons (Fsp3) is 0.484. The van der Waals surface area contributed by atoms with E-state index >= 15 is 0 Å². The minimum absolute atomic E-state index is 0.206. The highest BCUT2D eigenvalue weighted by atomic mass is 19.4. The summed E-state index contributed by atoms with van der Waals surface area (Å²) in [4.78, 5) is 40.8. The van der Waals surface area contributed by atoms with Gasteiger partial charge in [0.05, 0.1) is 23.5 Å². The van der Waals surface area contributed by atoms with E-state index in [4.69, 9.17) is 0 Å². The predicted octanol–water partition coefficient (Wildman–Crippen LogP) is 4.11. The van der Waals surface area contributed by atoms with Crippen molar-refractivity contribution < 1.29 is 32.7 Å².